The lowest BCUT2D eigenvalue weighted by molar-refractivity contribution is 0.0686. The highest BCUT2D eigenvalue weighted by Crippen LogP contribution is 2.25. The summed E-state index contributed by atoms with van der Waals surface area (Å²) in [5.41, 5.74) is 2.92. The van der Waals surface area contributed by atoms with Gasteiger partial charge in [-0.25, -0.2) is 4.98 Å². The molecule has 3 aromatic rings. The number of aromatic nitrogens is 2. The molecule has 27 heavy (non-hydrogen) atoms. The number of nitrogens with zero attached hydrogens (tertiary/aromatic N) is 3. The Morgan fingerprint density at radius 1 is 1.11 bits per heavy atom. The third-order valence-corrected chi connectivity index (χ3v) is 5.29. The fourth-order valence-electron chi connectivity index (χ4n) is 3.81. The van der Waals surface area contributed by atoms with Crippen molar-refractivity contribution in [3.05, 3.63) is 66.0 Å². The van der Waals surface area contributed by atoms with E-state index >= 15 is 0 Å². The van der Waals surface area contributed by atoms with Crippen molar-refractivity contribution in [3.63, 3.8) is 0 Å². The molecule has 4 rings (SSSR count). The first kappa shape index (κ1) is 17.5. The van der Waals surface area contributed by atoms with Gasteiger partial charge in [-0.15, -0.1) is 0 Å². The van der Waals surface area contributed by atoms with Crippen LogP contribution in [0.5, 0.6) is 5.88 Å². The van der Waals surface area contributed by atoms with Crippen LogP contribution in [0.1, 0.15) is 28.8 Å². The van der Waals surface area contributed by atoms with Crippen LogP contribution in [0.2, 0.25) is 0 Å². The number of methoxy groups -OCH3 is 1. The number of hydrogen-bond acceptors (Lipinski definition) is 4. The summed E-state index contributed by atoms with van der Waals surface area (Å²) in [7, 11) is 1.55. The van der Waals surface area contributed by atoms with Crippen molar-refractivity contribution in [1.82, 2.24) is 14.9 Å². The van der Waals surface area contributed by atoms with Gasteiger partial charge in [-0.05, 0) is 61.1 Å². The molecular weight excluding hydrogens is 338 g/mol. The minimum absolute atomic E-state index is 0.00943. The van der Waals surface area contributed by atoms with Crippen LogP contribution >= 0.6 is 0 Å². The van der Waals surface area contributed by atoms with Crippen LogP contribution in [0.15, 0.2) is 54.9 Å². The Morgan fingerprint density at radius 2 is 1.89 bits per heavy atom. The summed E-state index contributed by atoms with van der Waals surface area (Å²) in [4.78, 5) is 23.2. The predicted molar refractivity (Wildman–Crippen MR) is 105 cm³/mol. The van der Waals surface area contributed by atoms with Crippen LogP contribution < -0.4 is 4.74 Å². The zero-order valence-electron chi connectivity index (χ0n) is 15.5. The zero-order valence-corrected chi connectivity index (χ0v) is 15.5. The first-order valence-electron chi connectivity index (χ1n) is 9.36. The fraction of sp³-hybridized carbons (Fsp3) is 0.318. The molecule has 0 spiro atoms. The van der Waals surface area contributed by atoms with Crippen molar-refractivity contribution in [3.8, 4) is 5.88 Å². The minimum Gasteiger partial charge on any atom is -0.480 e. The number of pyridine rings is 2. The summed E-state index contributed by atoms with van der Waals surface area (Å²) in [6, 6.07) is 14.1. The Bertz CT molecular complexity index is 949. The second-order valence-corrected chi connectivity index (χ2v) is 7.03. The van der Waals surface area contributed by atoms with Crippen LogP contribution in [0, 0.1) is 5.92 Å². The summed E-state index contributed by atoms with van der Waals surface area (Å²) in [6.07, 6.45) is 6.54. The van der Waals surface area contributed by atoms with Crippen molar-refractivity contribution < 1.29 is 9.53 Å². The van der Waals surface area contributed by atoms with Crippen LogP contribution in [0.3, 0.4) is 0 Å². The molecule has 0 aliphatic carbocycles. The van der Waals surface area contributed by atoms with Gasteiger partial charge in [0, 0.05) is 30.9 Å². The number of amides is 1. The molecule has 2 aromatic heterocycles. The lowest BCUT2D eigenvalue weighted by Crippen LogP contribution is -2.39. The SMILES string of the molecule is COc1ncccc1C(=O)N1CCC(Cc2ccc3ncccc3c2)CC1. The molecule has 5 heteroatoms. The number of benzene rings is 1. The van der Waals surface area contributed by atoms with Gasteiger partial charge in [-0.3, -0.25) is 9.78 Å². The highest BCUT2D eigenvalue weighted by molar-refractivity contribution is 5.96. The zero-order chi connectivity index (χ0) is 18.6. The van der Waals surface area contributed by atoms with Gasteiger partial charge in [-0.2, -0.15) is 0 Å². The van der Waals surface area contributed by atoms with Crippen LogP contribution in [0.25, 0.3) is 10.9 Å². The monoisotopic (exact) mass is 361 g/mol. The number of rotatable bonds is 4. The molecule has 0 bridgehead atoms. The van der Waals surface area contributed by atoms with E-state index in [9.17, 15) is 4.79 Å². The molecule has 0 unspecified atom stereocenters. The maximum atomic E-state index is 12.8. The molecule has 1 aliphatic heterocycles. The molecule has 0 atom stereocenters. The molecular formula is C22H23N3O2. The van der Waals surface area contributed by atoms with Crippen molar-refractivity contribution in [2.45, 2.75) is 19.3 Å². The van der Waals surface area contributed by atoms with E-state index in [4.69, 9.17) is 4.74 Å². The third-order valence-electron chi connectivity index (χ3n) is 5.29. The number of piperidine rings is 1. The lowest BCUT2D eigenvalue weighted by Gasteiger charge is -2.32. The Kier molecular flexibility index (Phi) is 5.01. The van der Waals surface area contributed by atoms with E-state index in [1.807, 2.05) is 17.2 Å². The van der Waals surface area contributed by atoms with Gasteiger partial charge >= 0.3 is 0 Å². The summed E-state index contributed by atoms with van der Waals surface area (Å²) >= 11 is 0. The van der Waals surface area contributed by atoms with Gasteiger partial charge in [0.05, 0.1) is 12.6 Å². The van der Waals surface area contributed by atoms with Crippen molar-refractivity contribution >= 4 is 16.8 Å². The van der Waals surface area contributed by atoms with E-state index < -0.39 is 0 Å². The summed E-state index contributed by atoms with van der Waals surface area (Å²) in [6.45, 7) is 1.55. The van der Waals surface area contributed by atoms with Gasteiger partial charge in [0.15, 0.2) is 0 Å². The number of carbonyl (C=O) groups excluding carboxylic acids is 1. The van der Waals surface area contributed by atoms with Gasteiger partial charge in [0.1, 0.15) is 5.56 Å². The van der Waals surface area contributed by atoms with Crippen LogP contribution in [-0.4, -0.2) is 41.0 Å². The average Bonchev–Trinajstić information content (AvgIpc) is 2.73. The van der Waals surface area contributed by atoms with E-state index in [0.717, 1.165) is 37.9 Å². The van der Waals surface area contributed by atoms with Crippen molar-refractivity contribution in [1.29, 1.82) is 0 Å². The summed E-state index contributed by atoms with van der Waals surface area (Å²) in [5.74, 6) is 1.00. The topological polar surface area (TPSA) is 55.3 Å². The molecule has 1 amide bonds. The summed E-state index contributed by atoms with van der Waals surface area (Å²) in [5, 5.41) is 1.19. The molecule has 0 saturated carbocycles. The maximum absolute atomic E-state index is 12.8. The van der Waals surface area contributed by atoms with E-state index in [2.05, 4.69) is 34.2 Å². The Hall–Kier alpha value is -2.95. The van der Waals surface area contributed by atoms with E-state index in [1.165, 1.54) is 10.9 Å². The first-order chi connectivity index (χ1) is 13.2. The van der Waals surface area contributed by atoms with Crippen LogP contribution in [-0.2, 0) is 6.42 Å². The average molecular weight is 361 g/mol. The number of fused-ring (bicyclic) bond motifs is 1. The number of ether oxygens (including phenoxy) is 1. The molecule has 1 saturated heterocycles. The molecule has 0 N–H and O–H groups in total. The summed E-state index contributed by atoms with van der Waals surface area (Å²) < 4.78 is 5.23. The predicted octanol–water partition coefficient (Wildman–Crippen LogP) is 3.73. The number of likely N-dealkylation sites (tertiary alicyclic amines) is 1. The van der Waals surface area contributed by atoms with Gasteiger partial charge in [-0.1, -0.05) is 12.1 Å². The van der Waals surface area contributed by atoms with Gasteiger partial charge in [0.2, 0.25) is 5.88 Å². The minimum atomic E-state index is 0.00943. The van der Waals surface area contributed by atoms with E-state index in [-0.39, 0.29) is 5.91 Å². The van der Waals surface area contributed by atoms with Crippen LogP contribution in [0.4, 0.5) is 0 Å². The van der Waals surface area contributed by atoms with Gasteiger partial charge in [0.25, 0.3) is 5.91 Å². The largest absolute Gasteiger partial charge is 0.480 e. The van der Waals surface area contributed by atoms with E-state index in [1.54, 1.807) is 25.4 Å². The lowest BCUT2D eigenvalue weighted by atomic mass is 9.89. The molecule has 138 valence electrons. The Labute approximate surface area is 159 Å². The smallest absolute Gasteiger partial charge is 0.259 e. The quantitative estimate of drug-likeness (QED) is 0.710. The highest BCUT2D eigenvalue weighted by atomic mass is 16.5. The number of carbonyl (C=O) groups is 1. The van der Waals surface area contributed by atoms with E-state index in [0.29, 0.717) is 17.4 Å². The number of hydrogen-bond donors (Lipinski definition) is 0. The highest BCUT2D eigenvalue weighted by Gasteiger charge is 2.25. The normalized spacial score (nSPS) is 15.1. The molecule has 0 radical (unpaired) electrons. The standard InChI is InChI=1S/C22H23N3O2/c1-27-21-19(5-3-11-24-21)22(26)25-12-8-16(9-13-25)14-17-6-7-20-18(15-17)4-2-10-23-20/h2-7,10-11,15-16H,8-9,12-14H2,1H3. The van der Waals surface area contributed by atoms with Crippen molar-refractivity contribution in [2.75, 3.05) is 20.2 Å². The second kappa shape index (κ2) is 7.74. The molecule has 1 aliphatic rings. The first-order valence-corrected chi connectivity index (χ1v) is 9.36. The molecule has 5 nitrogen and oxygen atoms in total. The maximum Gasteiger partial charge on any atom is 0.259 e. The molecule has 3 heterocycles. The van der Waals surface area contributed by atoms with Gasteiger partial charge < -0.3 is 9.64 Å². The Balaban J connectivity index is 1.39. The Morgan fingerprint density at radius 3 is 2.70 bits per heavy atom. The molecule has 1 fully saturated rings. The fourth-order valence-corrected chi connectivity index (χ4v) is 3.81. The second-order valence-electron chi connectivity index (χ2n) is 7.03. The van der Waals surface area contributed by atoms with Crippen molar-refractivity contribution in [2.24, 2.45) is 5.92 Å². The third kappa shape index (κ3) is 3.77. The molecule has 1 aromatic carbocycles.